The van der Waals surface area contributed by atoms with Crippen LogP contribution in [-0.2, 0) is 17.3 Å². The molecule has 4 aromatic rings. The molecule has 156 valence electrons. The quantitative estimate of drug-likeness (QED) is 0.447. The van der Waals surface area contributed by atoms with Crippen molar-refractivity contribution < 1.29 is 23.1 Å². The van der Waals surface area contributed by atoms with Crippen LogP contribution in [0.4, 0.5) is 8.78 Å². The van der Waals surface area contributed by atoms with E-state index in [0.717, 1.165) is 11.6 Å². The Balaban J connectivity index is 1.84. The summed E-state index contributed by atoms with van der Waals surface area (Å²) < 4.78 is 41.6. The molecule has 0 aliphatic heterocycles. The predicted molar refractivity (Wildman–Crippen MR) is 110 cm³/mol. The maximum atomic E-state index is 14.7. The molecular weight excluding hydrogens is 411 g/mol. The average Bonchev–Trinajstić information content (AvgIpc) is 2.95. The molecule has 0 aliphatic rings. The summed E-state index contributed by atoms with van der Waals surface area (Å²) in [6.45, 7) is 4.18. The Morgan fingerprint density at radius 2 is 1.73 bits per heavy atom. The molecule has 30 heavy (non-hydrogen) atoms. The smallest absolute Gasteiger partial charge is 0.329 e. The summed E-state index contributed by atoms with van der Waals surface area (Å²) in [6, 6.07) is 8.87. The molecule has 0 atom stereocenters. The second kappa shape index (κ2) is 7.54. The minimum atomic E-state index is -4.15. The lowest BCUT2D eigenvalue weighted by Crippen LogP contribution is -2.02. The molecule has 0 unspecified atom stereocenters. The van der Waals surface area contributed by atoms with Gasteiger partial charge < -0.3 is 14.4 Å². The first kappa shape index (κ1) is 20.6. The number of nitrogens with zero attached hydrogens (tertiary/aromatic N) is 3. The van der Waals surface area contributed by atoms with E-state index in [4.69, 9.17) is 9.79 Å². The van der Waals surface area contributed by atoms with Crippen LogP contribution >= 0.6 is 7.60 Å². The minimum absolute atomic E-state index is 0.0536. The van der Waals surface area contributed by atoms with Crippen molar-refractivity contribution in [3.63, 3.8) is 0 Å². The standard InChI is InChI=1S/C21H20F2N3O3P/c1-12(2)21-24-9-18-20(25-21)19-16(23)7-15(22)8-17(19)26(18)10-13-3-5-14(6-4-13)11-30(27,28)29/h3-9,12H,10-11H2,1-2H3,(H2,27,28,29). The van der Waals surface area contributed by atoms with E-state index in [1.807, 2.05) is 13.8 Å². The molecule has 0 saturated carbocycles. The molecule has 9 heteroatoms. The normalized spacial score (nSPS) is 12.4. The van der Waals surface area contributed by atoms with Gasteiger partial charge in [0.25, 0.3) is 0 Å². The van der Waals surface area contributed by atoms with Gasteiger partial charge in [-0.3, -0.25) is 4.57 Å². The highest BCUT2D eigenvalue weighted by Crippen LogP contribution is 2.39. The number of benzene rings is 2. The summed E-state index contributed by atoms with van der Waals surface area (Å²) in [6.07, 6.45) is 1.28. The van der Waals surface area contributed by atoms with E-state index in [1.165, 1.54) is 6.07 Å². The molecule has 4 rings (SSSR count). The van der Waals surface area contributed by atoms with Crippen LogP contribution in [0.2, 0.25) is 0 Å². The second-order valence-corrected chi connectivity index (χ2v) is 9.27. The highest BCUT2D eigenvalue weighted by atomic mass is 31.2. The SMILES string of the molecule is CC(C)c1ncc2c(n1)c1c(F)cc(F)cc1n2Cc1ccc(CP(=O)(O)O)cc1. The summed E-state index contributed by atoms with van der Waals surface area (Å²) in [7, 11) is -4.15. The van der Waals surface area contributed by atoms with Crippen LogP contribution in [0, 0.1) is 11.6 Å². The summed E-state index contributed by atoms with van der Waals surface area (Å²) in [4.78, 5) is 27.1. The molecule has 6 nitrogen and oxygen atoms in total. The first-order valence-corrected chi connectivity index (χ1v) is 11.2. The van der Waals surface area contributed by atoms with Gasteiger partial charge in [-0.1, -0.05) is 38.1 Å². The van der Waals surface area contributed by atoms with Crippen molar-refractivity contribution in [2.45, 2.75) is 32.5 Å². The third-order valence-electron chi connectivity index (χ3n) is 4.91. The van der Waals surface area contributed by atoms with E-state index in [2.05, 4.69) is 9.97 Å². The van der Waals surface area contributed by atoms with Crippen LogP contribution in [0.5, 0.6) is 0 Å². The van der Waals surface area contributed by atoms with Gasteiger partial charge in [0.2, 0.25) is 0 Å². The van der Waals surface area contributed by atoms with Gasteiger partial charge in [-0.2, -0.15) is 0 Å². The summed E-state index contributed by atoms with van der Waals surface area (Å²) >= 11 is 0. The predicted octanol–water partition coefficient (Wildman–Crippen LogP) is 4.71. The molecule has 0 bridgehead atoms. The van der Waals surface area contributed by atoms with Crippen LogP contribution in [-0.4, -0.2) is 24.3 Å². The molecule has 2 heterocycles. The number of hydrogen-bond acceptors (Lipinski definition) is 3. The fourth-order valence-electron chi connectivity index (χ4n) is 3.53. The minimum Gasteiger partial charge on any atom is -0.333 e. The Kier molecular flexibility index (Phi) is 5.18. The largest absolute Gasteiger partial charge is 0.333 e. The van der Waals surface area contributed by atoms with Gasteiger partial charge in [-0.15, -0.1) is 0 Å². The number of rotatable bonds is 5. The molecular formula is C21H20F2N3O3P. The highest BCUT2D eigenvalue weighted by molar-refractivity contribution is 7.50. The zero-order valence-electron chi connectivity index (χ0n) is 16.4. The summed E-state index contributed by atoms with van der Waals surface area (Å²) in [5.74, 6) is -0.734. The Morgan fingerprint density at radius 1 is 1.07 bits per heavy atom. The van der Waals surface area contributed by atoms with Gasteiger partial charge in [0.05, 0.1) is 28.8 Å². The fourth-order valence-corrected chi connectivity index (χ4v) is 4.21. The molecule has 2 aromatic carbocycles. The number of hydrogen-bond donors (Lipinski definition) is 2. The molecule has 2 N–H and O–H groups in total. The Hall–Kier alpha value is -2.67. The lowest BCUT2D eigenvalue weighted by Gasteiger charge is -2.10. The second-order valence-electron chi connectivity index (χ2n) is 7.62. The average molecular weight is 431 g/mol. The Bertz CT molecular complexity index is 1300. The number of aromatic nitrogens is 3. The molecule has 2 aromatic heterocycles. The van der Waals surface area contributed by atoms with Crippen molar-refractivity contribution in [3.8, 4) is 0 Å². The van der Waals surface area contributed by atoms with Crippen LogP contribution in [0.15, 0.2) is 42.6 Å². The van der Waals surface area contributed by atoms with Gasteiger partial charge >= 0.3 is 7.60 Å². The van der Waals surface area contributed by atoms with Crippen LogP contribution in [0.25, 0.3) is 21.9 Å². The first-order valence-electron chi connectivity index (χ1n) is 9.38. The van der Waals surface area contributed by atoms with Crippen molar-refractivity contribution >= 4 is 29.5 Å². The zero-order chi connectivity index (χ0) is 21.6. The molecule has 0 aliphatic carbocycles. The number of halogens is 2. The Morgan fingerprint density at radius 3 is 2.37 bits per heavy atom. The third kappa shape index (κ3) is 3.99. The van der Waals surface area contributed by atoms with E-state index < -0.39 is 19.2 Å². The third-order valence-corrected chi connectivity index (χ3v) is 5.69. The molecule has 0 amide bonds. The van der Waals surface area contributed by atoms with Crippen molar-refractivity contribution in [3.05, 3.63) is 71.2 Å². The lowest BCUT2D eigenvalue weighted by molar-refractivity contribution is 0.371. The maximum Gasteiger partial charge on any atom is 0.329 e. The molecule has 0 radical (unpaired) electrons. The van der Waals surface area contributed by atoms with Crippen LogP contribution in [0.3, 0.4) is 0 Å². The van der Waals surface area contributed by atoms with Gasteiger partial charge in [0.15, 0.2) is 0 Å². The fraction of sp³-hybridized carbons (Fsp3) is 0.238. The van der Waals surface area contributed by atoms with Gasteiger partial charge in [-0.25, -0.2) is 18.7 Å². The van der Waals surface area contributed by atoms with E-state index in [-0.39, 0.29) is 17.5 Å². The maximum absolute atomic E-state index is 14.7. The van der Waals surface area contributed by atoms with Gasteiger partial charge in [-0.05, 0) is 17.2 Å². The first-order chi connectivity index (χ1) is 14.1. The molecule has 0 spiro atoms. The molecule has 0 fully saturated rings. The van der Waals surface area contributed by atoms with E-state index >= 15 is 0 Å². The van der Waals surface area contributed by atoms with E-state index in [1.54, 1.807) is 35.0 Å². The Labute approximate surface area is 171 Å². The van der Waals surface area contributed by atoms with Crippen molar-refractivity contribution in [1.82, 2.24) is 14.5 Å². The van der Waals surface area contributed by atoms with Crippen molar-refractivity contribution in [1.29, 1.82) is 0 Å². The zero-order valence-corrected chi connectivity index (χ0v) is 17.3. The van der Waals surface area contributed by atoms with E-state index in [0.29, 0.717) is 34.5 Å². The summed E-state index contributed by atoms with van der Waals surface area (Å²) in [5, 5.41) is 0.244. The van der Waals surface area contributed by atoms with Crippen molar-refractivity contribution in [2.24, 2.45) is 0 Å². The highest BCUT2D eigenvalue weighted by Gasteiger charge is 2.19. The van der Waals surface area contributed by atoms with Gasteiger partial charge in [0.1, 0.15) is 23.0 Å². The van der Waals surface area contributed by atoms with E-state index in [9.17, 15) is 13.3 Å². The number of fused-ring (bicyclic) bond motifs is 3. The monoisotopic (exact) mass is 431 g/mol. The van der Waals surface area contributed by atoms with Crippen LogP contribution < -0.4 is 0 Å². The van der Waals surface area contributed by atoms with Gasteiger partial charge in [0, 0.05) is 18.5 Å². The topological polar surface area (TPSA) is 88.2 Å². The molecule has 0 saturated heterocycles. The van der Waals surface area contributed by atoms with Crippen molar-refractivity contribution in [2.75, 3.05) is 0 Å². The summed E-state index contributed by atoms with van der Waals surface area (Å²) in [5.41, 5.74) is 2.70. The van der Waals surface area contributed by atoms with Crippen LogP contribution in [0.1, 0.15) is 36.7 Å². The lowest BCUT2D eigenvalue weighted by atomic mass is 10.1.